The summed E-state index contributed by atoms with van der Waals surface area (Å²) in [6.07, 6.45) is 1.34. The molecule has 194 valence electrons. The third-order valence-corrected chi connectivity index (χ3v) is 7.21. The highest BCUT2D eigenvalue weighted by molar-refractivity contribution is 9.10. The van der Waals surface area contributed by atoms with Crippen molar-refractivity contribution in [3.8, 4) is 11.3 Å². The molecule has 0 saturated carbocycles. The molecule has 0 spiro atoms. The number of thiocarbonyl (C=S) groups is 1. The number of halogens is 1. The number of rotatable bonds is 5. The monoisotopic (exact) mass is 601 g/mol. The summed E-state index contributed by atoms with van der Waals surface area (Å²) in [7, 11) is 0. The topological polar surface area (TPSA) is 96.9 Å². The van der Waals surface area contributed by atoms with Gasteiger partial charge in [0.2, 0.25) is 0 Å². The van der Waals surface area contributed by atoms with Crippen LogP contribution in [0.3, 0.4) is 0 Å². The van der Waals surface area contributed by atoms with Crippen molar-refractivity contribution in [2.75, 3.05) is 9.80 Å². The number of aryl methyl sites for hydroxylation is 2. The Labute approximate surface area is 237 Å². The van der Waals surface area contributed by atoms with Gasteiger partial charge >= 0.3 is 0 Å². The van der Waals surface area contributed by atoms with Crippen LogP contribution < -0.4 is 9.80 Å². The molecule has 1 fully saturated rings. The Kier molecular flexibility index (Phi) is 6.98. The normalized spacial score (nSPS) is 14.8. The van der Waals surface area contributed by atoms with E-state index in [4.69, 9.17) is 16.6 Å². The van der Waals surface area contributed by atoms with Gasteiger partial charge in [-0.2, -0.15) is 0 Å². The Bertz CT molecular complexity index is 1700. The minimum absolute atomic E-state index is 0.0298. The maximum atomic E-state index is 13.8. The Hall–Kier alpha value is -4.41. The molecule has 0 atom stereocenters. The van der Waals surface area contributed by atoms with E-state index in [0.717, 1.165) is 11.1 Å². The molecule has 3 aromatic carbocycles. The fraction of sp³-hybridized carbons (Fsp3) is 0.0690. The van der Waals surface area contributed by atoms with Crippen LogP contribution in [0.2, 0.25) is 0 Å². The molecule has 2 heterocycles. The highest BCUT2D eigenvalue weighted by atomic mass is 79.9. The van der Waals surface area contributed by atoms with Crippen LogP contribution in [0.25, 0.3) is 17.4 Å². The second-order valence-electron chi connectivity index (χ2n) is 8.85. The van der Waals surface area contributed by atoms with E-state index in [0.29, 0.717) is 15.8 Å². The average Bonchev–Trinajstić information content (AvgIpc) is 3.38. The predicted octanol–water partition coefficient (Wildman–Crippen LogP) is 6.98. The molecular formula is C29H20BrN3O5S. The fourth-order valence-electron chi connectivity index (χ4n) is 4.21. The van der Waals surface area contributed by atoms with Crippen molar-refractivity contribution < 1.29 is 18.9 Å². The Morgan fingerprint density at radius 3 is 2.23 bits per heavy atom. The van der Waals surface area contributed by atoms with Gasteiger partial charge in [-0.25, -0.2) is 0 Å². The number of anilines is 2. The molecule has 0 N–H and O–H groups in total. The van der Waals surface area contributed by atoms with Crippen LogP contribution in [0.15, 0.2) is 93.3 Å². The van der Waals surface area contributed by atoms with Gasteiger partial charge in [0, 0.05) is 10.5 Å². The van der Waals surface area contributed by atoms with Gasteiger partial charge in [-0.05, 0) is 91.8 Å². The van der Waals surface area contributed by atoms with Crippen LogP contribution in [0.4, 0.5) is 17.1 Å². The standard InChI is InChI=1S/C29H20BrN3O5S/c1-17-8-10-21(14-18(17)2)32-28(35)24(27(34)31(29(32)39)20-6-4-3-5-7-20)16-22-11-13-26(38-22)23-12-9-19(30)15-25(23)33(36)37/h3-16H,1-2H3. The Morgan fingerprint density at radius 1 is 0.872 bits per heavy atom. The molecule has 0 aliphatic carbocycles. The van der Waals surface area contributed by atoms with Gasteiger partial charge in [0.15, 0.2) is 5.11 Å². The smallest absolute Gasteiger partial charge is 0.281 e. The van der Waals surface area contributed by atoms with Crippen LogP contribution in [0.5, 0.6) is 0 Å². The van der Waals surface area contributed by atoms with Gasteiger partial charge in [0.1, 0.15) is 17.1 Å². The lowest BCUT2D eigenvalue weighted by Crippen LogP contribution is -2.57. The summed E-state index contributed by atoms with van der Waals surface area (Å²) < 4.78 is 6.42. The minimum Gasteiger partial charge on any atom is -0.456 e. The number of benzene rings is 3. The van der Waals surface area contributed by atoms with E-state index in [9.17, 15) is 19.7 Å². The van der Waals surface area contributed by atoms with Crippen molar-refractivity contribution in [1.29, 1.82) is 0 Å². The van der Waals surface area contributed by atoms with Crippen LogP contribution >= 0.6 is 28.1 Å². The molecule has 1 aliphatic heterocycles. The van der Waals surface area contributed by atoms with Gasteiger partial charge in [0.05, 0.1) is 21.9 Å². The first kappa shape index (κ1) is 26.2. The van der Waals surface area contributed by atoms with Crippen molar-refractivity contribution in [3.63, 3.8) is 0 Å². The van der Waals surface area contributed by atoms with Crippen molar-refractivity contribution in [1.82, 2.24) is 0 Å². The summed E-state index contributed by atoms with van der Waals surface area (Å²) in [6.45, 7) is 3.89. The Balaban J connectivity index is 1.61. The molecule has 1 saturated heterocycles. The number of carbonyl (C=O) groups is 2. The minimum atomic E-state index is -0.608. The van der Waals surface area contributed by atoms with E-state index >= 15 is 0 Å². The van der Waals surface area contributed by atoms with Crippen LogP contribution in [0.1, 0.15) is 16.9 Å². The van der Waals surface area contributed by atoms with E-state index in [-0.39, 0.29) is 33.5 Å². The van der Waals surface area contributed by atoms with Crippen molar-refractivity contribution >= 4 is 68.2 Å². The third kappa shape index (κ3) is 4.91. The van der Waals surface area contributed by atoms with Gasteiger partial charge in [-0.3, -0.25) is 29.5 Å². The summed E-state index contributed by atoms with van der Waals surface area (Å²) in [5, 5.41) is 11.6. The summed E-state index contributed by atoms with van der Waals surface area (Å²) >= 11 is 8.91. The fourth-order valence-corrected chi connectivity index (χ4v) is 4.93. The number of furan rings is 1. The number of nitro benzene ring substituents is 1. The Morgan fingerprint density at radius 2 is 1.56 bits per heavy atom. The van der Waals surface area contributed by atoms with Crippen LogP contribution in [0, 0.1) is 24.0 Å². The lowest BCUT2D eigenvalue weighted by Gasteiger charge is -2.36. The molecule has 2 amide bonds. The molecular weight excluding hydrogens is 582 g/mol. The van der Waals surface area contributed by atoms with Gasteiger partial charge < -0.3 is 4.42 Å². The molecule has 0 unspecified atom stereocenters. The average molecular weight is 602 g/mol. The number of amides is 2. The molecule has 0 radical (unpaired) electrons. The van der Waals surface area contributed by atoms with Crippen LogP contribution in [-0.2, 0) is 9.59 Å². The number of para-hydroxylation sites is 1. The maximum Gasteiger partial charge on any atom is 0.281 e. The van der Waals surface area contributed by atoms with Gasteiger partial charge in [-0.15, -0.1) is 0 Å². The van der Waals surface area contributed by atoms with E-state index in [1.165, 1.54) is 21.9 Å². The third-order valence-electron chi connectivity index (χ3n) is 6.35. The summed E-state index contributed by atoms with van der Waals surface area (Å²) in [4.78, 5) is 41.2. The quantitative estimate of drug-likeness (QED) is 0.0804. The first-order valence-electron chi connectivity index (χ1n) is 11.8. The molecule has 39 heavy (non-hydrogen) atoms. The molecule has 1 aromatic heterocycles. The van der Waals surface area contributed by atoms with Gasteiger partial charge in [0.25, 0.3) is 17.5 Å². The zero-order chi connectivity index (χ0) is 27.8. The number of hydrogen-bond donors (Lipinski definition) is 0. The first-order valence-corrected chi connectivity index (χ1v) is 13.0. The highest BCUT2D eigenvalue weighted by Crippen LogP contribution is 2.35. The van der Waals surface area contributed by atoms with Gasteiger partial charge in [-0.1, -0.05) is 40.2 Å². The second-order valence-corrected chi connectivity index (χ2v) is 10.1. The number of hydrogen-bond acceptors (Lipinski definition) is 6. The number of carbonyl (C=O) groups excluding carboxylic acids is 2. The highest BCUT2D eigenvalue weighted by Gasteiger charge is 2.41. The summed E-state index contributed by atoms with van der Waals surface area (Å²) in [5.74, 6) is -0.810. The van der Waals surface area contributed by atoms with E-state index in [1.807, 2.05) is 32.0 Å². The summed E-state index contributed by atoms with van der Waals surface area (Å²) in [6, 6.07) is 22.0. The number of nitro groups is 1. The van der Waals surface area contributed by atoms with Crippen molar-refractivity contribution in [3.05, 3.63) is 116 Å². The summed E-state index contributed by atoms with van der Waals surface area (Å²) in [5.41, 5.74) is 2.98. The maximum absolute atomic E-state index is 13.8. The van der Waals surface area contributed by atoms with E-state index in [1.54, 1.807) is 54.6 Å². The lowest BCUT2D eigenvalue weighted by atomic mass is 10.1. The van der Waals surface area contributed by atoms with Crippen LogP contribution in [-0.4, -0.2) is 21.9 Å². The zero-order valence-corrected chi connectivity index (χ0v) is 23.2. The van der Waals surface area contributed by atoms with Crippen molar-refractivity contribution in [2.24, 2.45) is 0 Å². The number of nitrogens with zero attached hydrogens (tertiary/aromatic N) is 3. The second kappa shape index (κ2) is 10.4. The predicted molar refractivity (Wildman–Crippen MR) is 156 cm³/mol. The SMILES string of the molecule is Cc1ccc(N2C(=O)C(=Cc3ccc(-c4ccc(Br)cc4[N+](=O)[O-])o3)C(=O)N(c3ccccc3)C2=S)cc1C. The lowest BCUT2D eigenvalue weighted by molar-refractivity contribution is -0.384. The molecule has 5 rings (SSSR count). The molecule has 10 heteroatoms. The van der Waals surface area contributed by atoms with Crippen molar-refractivity contribution in [2.45, 2.75) is 13.8 Å². The first-order chi connectivity index (χ1) is 18.7. The van der Waals surface area contributed by atoms with E-state index < -0.39 is 16.7 Å². The molecule has 0 bridgehead atoms. The largest absolute Gasteiger partial charge is 0.456 e. The molecule has 1 aliphatic rings. The zero-order valence-electron chi connectivity index (χ0n) is 20.8. The molecule has 4 aromatic rings. The van der Waals surface area contributed by atoms with E-state index in [2.05, 4.69) is 15.9 Å². The molecule has 8 nitrogen and oxygen atoms in total.